The van der Waals surface area contributed by atoms with Crippen LogP contribution in [0.2, 0.25) is 0 Å². The third-order valence-electron chi connectivity index (χ3n) is 3.57. The van der Waals surface area contributed by atoms with Crippen LogP contribution in [0.3, 0.4) is 0 Å². The summed E-state index contributed by atoms with van der Waals surface area (Å²) in [6.07, 6.45) is 0. The molecule has 0 bridgehead atoms. The van der Waals surface area contributed by atoms with Gasteiger partial charge in [0.2, 0.25) is 10.0 Å². The van der Waals surface area contributed by atoms with E-state index >= 15 is 0 Å². The number of esters is 1. The monoisotopic (exact) mass is 327 g/mol. The molecule has 1 rings (SSSR count). The minimum absolute atomic E-state index is 0.0598. The van der Waals surface area contributed by atoms with Crippen LogP contribution in [0.5, 0.6) is 0 Å². The molecule has 0 aliphatic heterocycles. The van der Waals surface area contributed by atoms with E-state index in [1.54, 1.807) is 13.8 Å². The number of aryl methyl sites for hydroxylation is 2. The van der Waals surface area contributed by atoms with Crippen molar-refractivity contribution in [1.29, 1.82) is 0 Å². The minimum Gasteiger partial charge on any atom is -0.468 e. The SMILES string of the molecule is COC(=O)CN(C)S(=O)(=O)c1c(C)cc(C(C)(C)C)cc1C. The van der Waals surface area contributed by atoms with Crippen LogP contribution < -0.4 is 0 Å². The lowest BCUT2D eigenvalue weighted by molar-refractivity contribution is -0.140. The molecule has 0 unspecified atom stereocenters. The summed E-state index contributed by atoms with van der Waals surface area (Å²) in [5.74, 6) is -0.590. The third kappa shape index (κ3) is 3.87. The summed E-state index contributed by atoms with van der Waals surface area (Å²) in [5.41, 5.74) is 2.38. The fraction of sp³-hybridized carbons (Fsp3) is 0.562. The lowest BCUT2D eigenvalue weighted by atomic mass is 9.85. The second-order valence-corrected chi connectivity index (χ2v) is 8.51. The van der Waals surface area contributed by atoms with E-state index in [9.17, 15) is 13.2 Å². The van der Waals surface area contributed by atoms with Crippen LogP contribution in [-0.4, -0.2) is 39.4 Å². The molecule has 1 aromatic rings. The van der Waals surface area contributed by atoms with Crippen LogP contribution in [0.25, 0.3) is 0 Å². The van der Waals surface area contributed by atoms with Crippen LogP contribution in [0.15, 0.2) is 17.0 Å². The Bertz CT molecular complexity index is 649. The van der Waals surface area contributed by atoms with Crippen LogP contribution in [-0.2, 0) is 25.0 Å². The predicted molar refractivity (Wildman–Crippen MR) is 86.4 cm³/mol. The van der Waals surface area contributed by atoms with Crippen molar-refractivity contribution in [2.24, 2.45) is 0 Å². The fourth-order valence-corrected chi connectivity index (χ4v) is 3.80. The standard InChI is InChI=1S/C16H25NO4S/c1-11-8-13(16(3,4)5)9-12(2)15(11)22(19,20)17(6)10-14(18)21-7/h8-9H,10H2,1-7H3. The normalized spacial score (nSPS) is 12.5. The molecule has 0 saturated carbocycles. The first-order chi connectivity index (χ1) is 9.91. The number of ether oxygens (including phenoxy) is 1. The van der Waals surface area contributed by atoms with E-state index in [4.69, 9.17) is 0 Å². The van der Waals surface area contributed by atoms with Crippen molar-refractivity contribution >= 4 is 16.0 Å². The molecule has 0 atom stereocenters. The number of benzene rings is 1. The first kappa shape index (κ1) is 18.6. The average molecular weight is 327 g/mol. The molecule has 0 aromatic heterocycles. The number of likely N-dealkylation sites (N-methyl/N-ethyl adjacent to an activating group) is 1. The lowest BCUT2D eigenvalue weighted by Crippen LogP contribution is -2.33. The summed E-state index contributed by atoms with van der Waals surface area (Å²) in [6.45, 7) is 9.50. The van der Waals surface area contributed by atoms with Crippen molar-refractivity contribution in [1.82, 2.24) is 4.31 Å². The molecule has 5 nitrogen and oxygen atoms in total. The highest BCUT2D eigenvalue weighted by atomic mass is 32.2. The van der Waals surface area contributed by atoms with Crippen LogP contribution in [0, 0.1) is 13.8 Å². The third-order valence-corrected chi connectivity index (χ3v) is 5.68. The number of hydrogen-bond acceptors (Lipinski definition) is 4. The van der Waals surface area contributed by atoms with Crippen molar-refractivity contribution < 1.29 is 17.9 Å². The average Bonchev–Trinajstić information content (AvgIpc) is 2.36. The van der Waals surface area contributed by atoms with Gasteiger partial charge in [0.1, 0.15) is 6.54 Å². The Balaban J connectivity index is 3.35. The molecule has 0 radical (unpaired) electrons. The summed E-state index contributed by atoms with van der Waals surface area (Å²) in [7, 11) is -1.12. The molecule has 0 heterocycles. The van der Waals surface area contributed by atoms with Gasteiger partial charge in [-0.3, -0.25) is 4.79 Å². The lowest BCUT2D eigenvalue weighted by Gasteiger charge is -2.24. The molecule has 0 aliphatic carbocycles. The van der Waals surface area contributed by atoms with Crippen LogP contribution in [0.1, 0.15) is 37.5 Å². The molecular formula is C16H25NO4S. The Morgan fingerprint density at radius 2 is 1.64 bits per heavy atom. The maximum absolute atomic E-state index is 12.7. The highest BCUT2D eigenvalue weighted by Gasteiger charge is 2.28. The highest BCUT2D eigenvalue weighted by molar-refractivity contribution is 7.89. The van der Waals surface area contributed by atoms with Gasteiger partial charge in [0, 0.05) is 7.05 Å². The molecule has 22 heavy (non-hydrogen) atoms. The first-order valence-corrected chi connectivity index (χ1v) is 8.50. The van der Waals surface area contributed by atoms with Crippen molar-refractivity contribution in [3.63, 3.8) is 0 Å². The molecule has 0 amide bonds. The van der Waals surface area contributed by atoms with Gasteiger partial charge in [0.05, 0.1) is 12.0 Å². The van der Waals surface area contributed by atoms with Gasteiger partial charge in [-0.1, -0.05) is 32.9 Å². The van der Waals surface area contributed by atoms with Gasteiger partial charge in [-0.05, 0) is 36.0 Å². The van der Waals surface area contributed by atoms with E-state index in [1.807, 2.05) is 12.1 Å². The van der Waals surface area contributed by atoms with Gasteiger partial charge in [0.15, 0.2) is 0 Å². The number of hydrogen-bond donors (Lipinski definition) is 0. The number of rotatable bonds is 4. The number of carbonyl (C=O) groups excluding carboxylic acids is 1. The van der Waals surface area contributed by atoms with Gasteiger partial charge in [-0.15, -0.1) is 0 Å². The van der Waals surface area contributed by atoms with Gasteiger partial charge < -0.3 is 4.74 Å². The fourth-order valence-electron chi connectivity index (χ4n) is 2.28. The Morgan fingerprint density at radius 1 is 1.18 bits per heavy atom. The molecule has 0 aliphatic rings. The zero-order valence-electron chi connectivity index (χ0n) is 14.4. The van der Waals surface area contributed by atoms with E-state index in [2.05, 4.69) is 25.5 Å². The Kier molecular flexibility index (Phi) is 5.41. The van der Waals surface area contributed by atoms with Crippen molar-refractivity contribution in [2.45, 2.75) is 44.9 Å². The molecule has 0 fully saturated rings. The summed E-state index contributed by atoms with van der Waals surface area (Å²) in [4.78, 5) is 11.6. The van der Waals surface area contributed by atoms with E-state index in [-0.39, 0.29) is 16.9 Å². The summed E-state index contributed by atoms with van der Waals surface area (Å²) >= 11 is 0. The molecule has 124 valence electrons. The van der Waals surface area contributed by atoms with Crippen molar-refractivity contribution in [3.8, 4) is 0 Å². The number of nitrogens with zero attached hydrogens (tertiary/aromatic N) is 1. The van der Waals surface area contributed by atoms with E-state index in [1.165, 1.54) is 14.2 Å². The maximum Gasteiger partial charge on any atom is 0.321 e. The second kappa shape index (κ2) is 6.38. The van der Waals surface area contributed by atoms with Gasteiger partial charge in [-0.25, -0.2) is 8.42 Å². The summed E-state index contributed by atoms with van der Waals surface area (Å²) < 4.78 is 31.0. The van der Waals surface area contributed by atoms with E-state index in [0.29, 0.717) is 11.1 Å². The molecule has 0 N–H and O–H groups in total. The zero-order chi connectivity index (χ0) is 17.3. The quantitative estimate of drug-likeness (QED) is 0.797. The maximum atomic E-state index is 12.7. The second-order valence-electron chi connectivity index (χ2n) is 6.53. The predicted octanol–water partition coefficient (Wildman–Crippen LogP) is 2.39. The van der Waals surface area contributed by atoms with Crippen LogP contribution in [0.4, 0.5) is 0 Å². The van der Waals surface area contributed by atoms with E-state index in [0.717, 1.165) is 9.87 Å². The summed E-state index contributed by atoms with van der Waals surface area (Å²) in [6, 6.07) is 3.79. The Labute approximate surface area is 133 Å². The van der Waals surface area contributed by atoms with E-state index < -0.39 is 16.0 Å². The zero-order valence-corrected chi connectivity index (χ0v) is 15.2. The van der Waals surface area contributed by atoms with Crippen molar-refractivity contribution in [3.05, 3.63) is 28.8 Å². The Morgan fingerprint density at radius 3 is 2.00 bits per heavy atom. The Hall–Kier alpha value is -1.40. The number of methoxy groups -OCH3 is 1. The van der Waals surface area contributed by atoms with Crippen molar-refractivity contribution in [2.75, 3.05) is 20.7 Å². The smallest absolute Gasteiger partial charge is 0.321 e. The topological polar surface area (TPSA) is 63.7 Å². The molecule has 6 heteroatoms. The molecular weight excluding hydrogens is 302 g/mol. The highest BCUT2D eigenvalue weighted by Crippen LogP contribution is 2.30. The molecule has 0 saturated heterocycles. The first-order valence-electron chi connectivity index (χ1n) is 7.06. The molecule has 0 spiro atoms. The minimum atomic E-state index is -3.74. The van der Waals surface area contributed by atoms with Gasteiger partial charge >= 0.3 is 5.97 Å². The molecule has 1 aromatic carbocycles. The van der Waals surface area contributed by atoms with Crippen LogP contribution >= 0.6 is 0 Å². The van der Waals surface area contributed by atoms with Gasteiger partial charge in [0.25, 0.3) is 0 Å². The number of carbonyl (C=O) groups is 1. The largest absolute Gasteiger partial charge is 0.468 e. The number of sulfonamides is 1. The summed E-state index contributed by atoms with van der Waals surface area (Å²) in [5, 5.41) is 0. The van der Waals surface area contributed by atoms with Gasteiger partial charge in [-0.2, -0.15) is 4.31 Å².